The summed E-state index contributed by atoms with van der Waals surface area (Å²) in [5.74, 6) is 0.774. The van der Waals surface area contributed by atoms with E-state index in [1.54, 1.807) is 0 Å². The molecule has 18 heavy (non-hydrogen) atoms. The van der Waals surface area contributed by atoms with Gasteiger partial charge in [0, 0.05) is 13.0 Å². The van der Waals surface area contributed by atoms with Crippen molar-refractivity contribution >= 4 is 18.3 Å². The van der Waals surface area contributed by atoms with E-state index in [0.29, 0.717) is 12.3 Å². The van der Waals surface area contributed by atoms with Gasteiger partial charge in [-0.05, 0) is 31.4 Å². The van der Waals surface area contributed by atoms with Gasteiger partial charge in [-0.2, -0.15) is 0 Å². The molecule has 1 saturated carbocycles. The second-order valence-corrected chi connectivity index (χ2v) is 4.65. The Kier molecular flexibility index (Phi) is 6.16. The molecule has 0 aliphatic heterocycles. The van der Waals surface area contributed by atoms with Crippen LogP contribution in [-0.4, -0.2) is 19.5 Å². The summed E-state index contributed by atoms with van der Waals surface area (Å²) in [7, 11) is 1.86. The van der Waals surface area contributed by atoms with Gasteiger partial charge in [0.2, 0.25) is 5.91 Å². The van der Waals surface area contributed by atoms with Crippen LogP contribution >= 0.6 is 12.4 Å². The highest BCUT2D eigenvalue weighted by Gasteiger charge is 2.33. The van der Waals surface area contributed by atoms with Gasteiger partial charge in [0.05, 0.1) is 6.04 Å². The third-order valence-corrected chi connectivity index (χ3v) is 3.17. The number of benzene rings is 1. The molecule has 1 aromatic carbocycles. The van der Waals surface area contributed by atoms with E-state index in [1.165, 1.54) is 18.4 Å². The molecule has 2 rings (SSSR count). The van der Waals surface area contributed by atoms with E-state index in [4.69, 9.17) is 0 Å². The number of carbonyl (C=O) groups excluding carboxylic acids is 1. The van der Waals surface area contributed by atoms with E-state index in [0.717, 1.165) is 6.54 Å². The first-order valence-electron chi connectivity index (χ1n) is 6.30. The Labute approximate surface area is 115 Å². The predicted molar refractivity (Wildman–Crippen MR) is 75.8 cm³/mol. The number of halogens is 1. The normalized spacial score (nSPS) is 15.6. The molecule has 1 aliphatic rings. The Hall–Kier alpha value is -1.06. The molecule has 0 heterocycles. The monoisotopic (exact) mass is 268 g/mol. The quantitative estimate of drug-likeness (QED) is 0.831. The average Bonchev–Trinajstić information content (AvgIpc) is 3.19. The van der Waals surface area contributed by atoms with Gasteiger partial charge in [-0.25, -0.2) is 0 Å². The molecule has 1 aliphatic carbocycles. The predicted octanol–water partition coefficient (Wildman–Crippen LogP) is 2.29. The molecule has 3 nitrogen and oxygen atoms in total. The molecular formula is C14H21ClN2O. The molecule has 1 fully saturated rings. The average molecular weight is 269 g/mol. The highest BCUT2D eigenvalue weighted by Crippen LogP contribution is 2.40. The molecule has 0 radical (unpaired) electrons. The van der Waals surface area contributed by atoms with E-state index in [2.05, 4.69) is 22.8 Å². The first kappa shape index (κ1) is 15.0. The number of hydrogen-bond acceptors (Lipinski definition) is 2. The standard InChI is InChI=1S/C14H20N2O.ClH/c1-15-10-9-13(17)16-14(12-7-8-12)11-5-3-2-4-6-11;/h2-6,12,14-15H,7-10H2,1H3,(H,16,17);1H. The molecule has 1 aromatic rings. The molecule has 1 unspecified atom stereocenters. The molecule has 0 aromatic heterocycles. The van der Waals surface area contributed by atoms with Gasteiger partial charge >= 0.3 is 0 Å². The van der Waals surface area contributed by atoms with Crippen LogP contribution in [0.4, 0.5) is 0 Å². The van der Waals surface area contributed by atoms with E-state index >= 15 is 0 Å². The van der Waals surface area contributed by atoms with Gasteiger partial charge in [-0.1, -0.05) is 30.3 Å². The van der Waals surface area contributed by atoms with E-state index in [1.807, 2.05) is 25.2 Å². The summed E-state index contributed by atoms with van der Waals surface area (Å²) < 4.78 is 0. The van der Waals surface area contributed by atoms with Crippen molar-refractivity contribution in [2.24, 2.45) is 5.92 Å². The summed E-state index contributed by atoms with van der Waals surface area (Å²) in [6, 6.07) is 10.5. The SMILES string of the molecule is CNCCC(=O)NC(c1ccccc1)C1CC1.Cl. The van der Waals surface area contributed by atoms with Crippen molar-refractivity contribution in [3.63, 3.8) is 0 Å². The zero-order valence-corrected chi connectivity index (χ0v) is 11.5. The Bertz CT molecular complexity index is 365. The second-order valence-electron chi connectivity index (χ2n) is 4.65. The van der Waals surface area contributed by atoms with Crippen LogP contribution < -0.4 is 10.6 Å². The smallest absolute Gasteiger partial charge is 0.221 e. The lowest BCUT2D eigenvalue weighted by Gasteiger charge is -2.18. The number of hydrogen-bond donors (Lipinski definition) is 2. The fourth-order valence-corrected chi connectivity index (χ4v) is 2.05. The number of rotatable bonds is 6. The van der Waals surface area contributed by atoms with Crippen LogP contribution in [0.25, 0.3) is 0 Å². The Morgan fingerprint density at radius 1 is 1.33 bits per heavy atom. The third-order valence-electron chi connectivity index (χ3n) is 3.17. The third kappa shape index (κ3) is 4.31. The van der Waals surface area contributed by atoms with Gasteiger partial charge in [0.25, 0.3) is 0 Å². The zero-order valence-electron chi connectivity index (χ0n) is 10.7. The van der Waals surface area contributed by atoms with Crippen molar-refractivity contribution in [2.45, 2.75) is 25.3 Å². The zero-order chi connectivity index (χ0) is 12.1. The van der Waals surface area contributed by atoms with Crippen LogP contribution in [0, 0.1) is 5.92 Å². The Balaban J connectivity index is 0.00000162. The molecule has 0 spiro atoms. The molecule has 100 valence electrons. The maximum Gasteiger partial charge on any atom is 0.221 e. The Morgan fingerprint density at radius 3 is 2.56 bits per heavy atom. The Morgan fingerprint density at radius 2 is 2.00 bits per heavy atom. The molecule has 2 N–H and O–H groups in total. The summed E-state index contributed by atoms with van der Waals surface area (Å²) in [6.07, 6.45) is 3.00. The van der Waals surface area contributed by atoms with Gasteiger partial charge in [0.15, 0.2) is 0 Å². The fraction of sp³-hybridized carbons (Fsp3) is 0.500. The highest BCUT2D eigenvalue weighted by molar-refractivity contribution is 5.85. The van der Waals surface area contributed by atoms with E-state index in [-0.39, 0.29) is 24.4 Å². The fourth-order valence-electron chi connectivity index (χ4n) is 2.05. The van der Waals surface area contributed by atoms with Crippen molar-refractivity contribution in [1.29, 1.82) is 0 Å². The first-order chi connectivity index (χ1) is 8.31. The summed E-state index contributed by atoms with van der Waals surface area (Å²) in [4.78, 5) is 11.8. The molecule has 1 amide bonds. The maximum absolute atomic E-state index is 11.8. The number of nitrogens with one attached hydrogen (secondary N) is 2. The van der Waals surface area contributed by atoms with Crippen molar-refractivity contribution in [3.8, 4) is 0 Å². The van der Waals surface area contributed by atoms with Crippen LogP contribution in [0.2, 0.25) is 0 Å². The van der Waals surface area contributed by atoms with E-state index in [9.17, 15) is 4.79 Å². The molecular weight excluding hydrogens is 248 g/mol. The molecule has 1 atom stereocenters. The maximum atomic E-state index is 11.8. The van der Waals surface area contributed by atoms with Crippen LogP contribution in [0.5, 0.6) is 0 Å². The topological polar surface area (TPSA) is 41.1 Å². The minimum absolute atomic E-state index is 0. The van der Waals surface area contributed by atoms with Crippen molar-refractivity contribution in [3.05, 3.63) is 35.9 Å². The minimum Gasteiger partial charge on any atom is -0.349 e. The van der Waals surface area contributed by atoms with Crippen molar-refractivity contribution < 1.29 is 4.79 Å². The lowest BCUT2D eigenvalue weighted by Crippen LogP contribution is -2.31. The summed E-state index contributed by atoms with van der Waals surface area (Å²) in [5.41, 5.74) is 1.23. The second kappa shape index (κ2) is 7.39. The van der Waals surface area contributed by atoms with Crippen LogP contribution in [0.3, 0.4) is 0 Å². The number of carbonyl (C=O) groups is 1. The van der Waals surface area contributed by atoms with Crippen LogP contribution in [0.1, 0.15) is 30.9 Å². The summed E-state index contributed by atoms with van der Waals surface area (Å²) in [5, 5.41) is 6.15. The van der Waals surface area contributed by atoms with Gasteiger partial charge < -0.3 is 10.6 Å². The van der Waals surface area contributed by atoms with Gasteiger partial charge in [-0.3, -0.25) is 4.79 Å². The minimum atomic E-state index is 0. The molecule has 4 heteroatoms. The summed E-state index contributed by atoms with van der Waals surface area (Å²) >= 11 is 0. The van der Waals surface area contributed by atoms with Crippen LogP contribution in [0.15, 0.2) is 30.3 Å². The first-order valence-corrected chi connectivity index (χ1v) is 6.30. The molecule has 0 bridgehead atoms. The van der Waals surface area contributed by atoms with Gasteiger partial charge in [-0.15, -0.1) is 12.4 Å². The lowest BCUT2D eigenvalue weighted by molar-refractivity contribution is -0.121. The van der Waals surface area contributed by atoms with Crippen molar-refractivity contribution in [2.75, 3.05) is 13.6 Å². The highest BCUT2D eigenvalue weighted by atomic mass is 35.5. The van der Waals surface area contributed by atoms with Gasteiger partial charge in [0.1, 0.15) is 0 Å². The van der Waals surface area contributed by atoms with Crippen molar-refractivity contribution in [1.82, 2.24) is 10.6 Å². The summed E-state index contributed by atoms with van der Waals surface area (Å²) in [6.45, 7) is 0.734. The lowest BCUT2D eigenvalue weighted by atomic mass is 10.0. The number of amides is 1. The largest absolute Gasteiger partial charge is 0.349 e. The van der Waals surface area contributed by atoms with E-state index < -0.39 is 0 Å². The van der Waals surface area contributed by atoms with Crippen LogP contribution in [-0.2, 0) is 4.79 Å². The molecule has 0 saturated heterocycles.